The molecule has 1 saturated heterocycles. The lowest BCUT2D eigenvalue weighted by atomic mass is 10.1. The van der Waals surface area contributed by atoms with Crippen LogP contribution in [0.25, 0.3) is 0 Å². The van der Waals surface area contributed by atoms with Crippen molar-refractivity contribution in [3.63, 3.8) is 0 Å². The summed E-state index contributed by atoms with van der Waals surface area (Å²) in [6.07, 6.45) is 2.39. The first-order chi connectivity index (χ1) is 10.2. The molecule has 1 fully saturated rings. The molecular weight excluding hydrogens is 282 g/mol. The standard InChI is InChI=1S/C15H21N5S/c1-10-14(21-9-17-10)8-20-6-4-5-13(20)12-7-15(16-3)19-11(2)18-12/h7,9,13H,4-6,8H2,1-3H3,(H,16,18,19)/t13-/m0/s1. The zero-order chi connectivity index (χ0) is 14.8. The van der Waals surface area contributed by atoms with Crippen molar-refractivity contribution in [2.45, 2.75) is 39.3 Å². The fraction of sp³-hybridized carbons (Fsp3) is 0.533. The highest BCUT2D eigenvalue weighted by molar-refractivity contribution is 7.09. The zero-order valence-corrected chi connectivity index (χ0v) is 13.6. The fourth-order valence-electron chi connectivity index (χ4n) is 2.90. The fourth-order valence-corrected chi connectivity index (χ4v) is 3.70. The second kappa shape index (κ2) is 6.07. The van der Waals surface area contributed by atoms with Gasteiger partial charge in [0.25, 0.3) is 0 Å². The minimum atomic E-state index is 0.389. The summed E-state index contributed by atoms with van der Waals surface area (Å²) in [5, 5.41) is 3.12. The normalized spacial score (nSPS) is 19.1. The van der Waals surface area contributed by atoms with Crippen LogP contribution in [0.3, 0.4) is 0 Å². The first kappa shape index (κ1) is 14.4. The van der Waals surface area contributed by atoms with Crippen molar-refractivity contribution in [3.05, 3.63) is 33.7 Å². The number of likely N-dealkylation sites (tertiary alicyclic amines) is 1. The molecule has 112 valence electrons. The van der Waals surface area contributed by atoms with Crippen LogP contribution in [0.2, 0.25) is 0 Å². The van der Waals surface area contributed by atoms with Crippen LogP contribution in [0, 0.1) is 13.8 Å². The minimum absolute atomic E-state index is 0.389. The number of anilines is 1. The van der Waals surface area contributed by atoms with E-state index in [9.17, 15) is 0 Å². The summed E-state index contributed by atoms with van der Waals surface area (Å²) in [6.45, 7) is 6.14. The number of nitrogens with zero attached hydrogens (tertiary/aromatic N) is 4. The van der Waals surface area contributed by atoms with Gasteiger partial charge in [0.05, 0.1) is 22.9 Å². The summed E-state index contributed by atoms with van der Waals surface area (Å²) >= 11 is 1.75. The summed E-state index contributed by atoms with van der Waals surface area (Å²) in [4.78, 5) is 17.3. The van der Waals surface area contributed by atoms with Gasteiger partial charge in [-0.15, -0.1) is 11.3 Å². The van der Waals surface area contributed by atoms with E-state index >= 15 is 0 Å². The molecule has 5 nitrogen and oxygen atoms in total. The topological polar surface area (TPSA) is 53.9 Å². The summed E-state index contributed by atoms with van der Waals surface area (Å²) in [7, 11) is 1.90. The van der Waals surface area contributed by atoms with Crippen LogP contribution in [-0.2, 0) is 6.54 Å². The highest BCUT2D eigenvalue weighted by Crippen LogP contribution is 2.33. The van der Waals surface area contributed by atoms with Gasteiger partial charge in [-0.1, -0.05) is 0 Å². The predicted molar refractivity (Wildman–Crippen MR) is 85.6 cm³/mol. The van der Waals surface area contributed by atoms with E-state index in [1.807, 2.05) is 19.5 Å². The molecule has 1 aliphatic heterocycles. The van der Waals surface area contributed by atoms with E-state index in [0.29, 0.717) is 6.04 Å². The van der Waals surface area contributed by atoms with Gasteiger partial charge in [-0.05, 0) is 33.2 Å². The molecule has 1 atom stereocenters. The molecule has 0 spiro atoms. The van der Waals surface area contributed by atoms with E-state index in [1.54, 1.807) is 11.3 Å². The second-order valence-electron chi connectivity index (χ2n) is 5.46. The molecule has 0 saturated carbocycles. The van der Waals surface area contributed by atoms with Crippen molar-refractivity contribution in [1.82, 2.24) is 19.9 Å². The number of nitrogens with one attached hydrogen (secondary N) is 1. The molecule has 0 aliphatic carbocycles. The third-order valence-electron chi connectivity index (χ3n) is 4.01. The number of aromatic nitrogens is 3. The van der Waals surface area contributed by atoms with Crippen molar-refractivity contribution < 1.29 is 0 Å². The summed E-state index contributed by atoms with van der Waals surface area (Å²) in [5.41, 5.74) is 4.22. The van der Waals surface area contributed by atoms with Crippen molar-refractivity contribution in [1.29, 1.82) is 0 Å². The molecule has 1 aliphatic rings. The van der Waals surface area contributed by atoms with E-state index in [-0.39, 0.29) is 0 Å². The van der Waals surface area contributed by atoms with E-state index in [1.165, 1.54) is 11.3 Å². The molecule has 0 aromatic carbocycles. The lowest BCUT2D eigenvalue weighted by Crippen LogP contribution is -2.23. The monoisotopic (exact) mass is 303 g/mol. The Hall–Kier alpha value is -1.53. The molecule has 3 rings (SSSR count). The molecular formula is C15H21N5S. The molecule has 2 aromatic rings. The Balaban J connectivity index is 1.83. The summed E-state index contributed by atoms with van der Waals surface area (Å²) in [5.74, 6) is 1.73. The van der Waals surface area contributed by atoms with Gasteiger partial charge in [0, 0.05) is 24.5 Å². The van der Waals surface area contributed by atoms with Gasteiger partial charge in [-0.25, -0.2) is 15.0 Å². The molecule has 0 unspecified atom stereocenters. The molecule has 1 N–H and O–H groups in total. The number of hydrogen-bond acceptors (Lipinski definition) is 6. The lowest BCUT2D eigenvalue weighted by molar-refractivity contribution is 0.245. The number of hydrogen-bond donors (Lipinski definition) is 1. The molecule has 0 amide bonds. The van der Waals surface area contributed by atoms with Gasteiger partial charge in [-0.3, -0.25) is 4.90 Å². The Labute approximate surface area is 129 Å². The second-order valence-corrected chi connectivity index (χ2v) is 6.40. The third-order valence-corrected chi connectivity index (χ3v) is 4.93. The van der Waals surface area contributed by atoms with Gasteiger partial charge in [0.15, 0.2) is 0 Å². The maximum Gasteiger partial charge on any atom is 0.129 e. The molecule has 21 heavy (non-hydrogen) atoms. The first-order valence-corrected chi connectivity index (χ1v) is 8.21. The first-order valence-electron chi connectivity index (χ1n) is 7.33. The van der Waals surface area contributed by atoms with E-state index in [4.69, 9.17) is 0 Å². The van der Waals surface area contributed by atoms with Gasteiger partial charge >= 0.3 is 0 Å². The average Bonchev–Trinajstić information content (AvgIpc) is 3.08. The Morgan fingerprint density at radius 3 is 2.95 bits per heavy atom. The minimum Gasteiger partial charge on any atom is -0.373 e. The Bertz CT molecular complexity index is 624. The largest absolute Gasteiger partial charge is 0.373 e. The van der Waals surface area contributed by atoms with E-state index < -0.39 is 0 Å². The quantitative estimate of drug-likeness (QED) is 0.941. The molecule has 2 aromatic heterocycles. The maximum atomic E-state index is 4.66. The van der Waals surface area contributed by atoms with Crippen molar-refractivity contribution >= 4 is 17.2 Å². The zero-order valence-electron chi connectivity index (χ0n) is 12.8. The molecule has 0 bridgehead atoms. The Morgan fingerprint density at radius 1 is 1.38 bits per heavy atom. The Morgan fingerprint density at radius 2 is 2.24 bits per heavy atom. The summed E-state index contributed by atoms with van der Waals surface area (Å²) in [6, 6.07) is 2.47. The predicted octanol–water partition coefficient (Wildman–Crippen LogP) is 2.93. The van der Waals surface area contributed by atoms with Crippen LogP contribution in [0.5, 0.6) is 0 Å². The van der Waals surface area contributed by atoms with Gasteiger partial charge in [0.2, 0.25) is 0 Å². The number of rotatable bonds is 4. The smallest absolute Gasteiger partial charge is 0.129 e. The van der Waals surface area contributed by atoms with Crippen LogP contribution < -0.4 is 5.32 Å². The van der Waals surface area contributed by atoms with E-state index in [2.05, 4.69) is 38.2 Å². The molecule has 0 radical (unpaired) electrons. The lowest BCUT2D eigenvalue weighted by Gasteiger charge is -2.24. The van der Waals surface area contributed by atoms with Crippen molar-refractivity contribution in [3.8, 4) is 0 Å². The van der Waals surface area contributed by atoms with Gasteiger partial charge in [-0.2, -0.15) is 0 Å². The Kier molecular flexibility index (Phi) is 4.17. The average molecular weight is 303 g/mol. The SMILES string of the molecule is CNc1cc([C@@H]2CCCN2Cc2scnc2C)nc(C)n1. The highest BCUT2D eigenvalue weighted by atomic mass is 32.1. The number of thiazole rings is 1. The molecule has 3 heterocycles. The van der Waals surface area contributed by atoms with Crippen LogP contribution in [0.4, 0.5) is 5.82 Å². The van der Waals surface area contributed by atoms with E-state index in [0.717, 1.165) is 42.5 Å². The van der Waals surface area contributed by atoms with Crippen molar-refractivity contribution in [2.24, 2.45) is 0 Å². The van der Waals surface area contributed by atoms with Crippen LogP contribution in [0.1, 0.15) is 41.0 Å². The summed E-state index contributed by atoms with van der Waals surface area (Å²) < 4.78 is 0. The van der Waals surface area contributed by atoms with Crippen LogP contribution in [0.15, 0.2) is 11.6 Å². The highest BCUT2D eigenvalue weighted by Gasteiger charge is 2.28. The maximum absolute atomic E-state index is 4.66. The van der Waals surface area contributed by atoms with Gasteiger partial charge < -0.3 is 5.32 Å². The van der Waals surface area contributed by atoms with Gasteiger partial charge in [0.1, 0.15) is 11.6 Å². The number of aryl methyl sites for hydroxylation is 2. The third kappa shape index (κ3) is 3.06. The van der Waals surface area contributed by atoms with Crippen molar-refractivity contribution in [2.75, 3.05) is 18.9 Å². The van der Waals surface area contributed by atoms with Crippen LogP contribution in [-0.4, -0.2) is 33.4 Å². The van der Waals surface area contributed by atoms with Crippen LogP contribution >= 0.6 is 11.3 Å². The molecule has 6 heteroatoms.